The van der Waals surface area contributed by atoms with Gasteiger partial charge in [0.05, 0.1) is 0 Å². The van der Waals surface area contributed by atoms with Gasteiger partial charge < -0.3 is 0 Å². The number of rotatable bonds is 10. The molecule has 1 N–H and O–H groups in total. The molecule has 7 heteroatoms. The summed E-state index contributed by atoms with van der Waals surface area (Å²) in [7, 11) is 0.977. The zero-order valence-corrected chi connectivity index (χ0v) is 19.4. The van der Waals surface area contributed by atoms with E-state index in [1.807, 2.05) is 85.8 Å². The van der Waals surface area contributed by atoms with Crippen molar-refractivity contribution < 1.29 is 18.9 Å². The molecule has 1 aliphatic heterocycles. The van der Waals surface area contributed by atoms with E-state index in [-0.39, 0.29) is 17.6 Å². The molecule has 0 saturated carbocycles. The fraction of sp³-hybridized carbons (Fsp3) is 0.308. The fourth-order valence-corrected chi connectivity index (χ4v) is 5.05. The van der Waals surface area contributed by atoms with E-state index in [2.05, 4.69) is 12.1 Å². The monoisotopic (exact) mass is 461 g/mol. The van der Waals surface area contributed by atoms with Crippen LogP contribution in [0.4, 0.5) is 0 Å². The van der Waals surface area contributed by atoms with Crippen LogP contribution in [-0.2, 0) is 32.1 Å². The van der Waals surface area contributed by atoms with Crippen molar-refractivity contribution in [1.29, 1.82) is 5.31 Å². The van der Waals surface area contributed by atoms with Crippen LogP contribution in [0.5, 0.6) is 0 Å². The average Bonchev–Trinajstić information content (AvgIpc) is 2.85. The summed E-state index contributed by atoms with van der Waals surface area (Å²) in [4.78, 5) is 1.08. The van der Waals surface area contributed by atoms with Gasteiger partial charge in [0.25, 0.3) is 0 Å². The van der Waals surface area contributed by atoms with Gasteiger partial charge in [-0.2, -0.15) is 0 Å². The Kier molecular flexibility index (Phi) is 8.72. The summed E-state index contributed by atoms with van der Waals surface area (Å²) in [6.45, 7) is 2.83. The van der Waals surface area contributed by atoms with Gasteiger partial charge in [0.1, 0.15) is 0 Å². The molecule has 1 aliphatic rings. The Morgan fingerprint density at radius 2 is 1.27 bits per heavy atom. The molecule has 4 rings (SSSR count). The second-order valence-electron chi connectivity index (χ2n) is 7.88. The van der Waals surface area contributed by atoms with Crippen LogP contribution in [0.15, 0.2) is 95.9 Å². The van der Waals surface area contributed by atoms with Crippen molar-refractivity contribution >= 4 is 19.0 Å². The summed E-state index contributed by atoms with van der Waals surface area (Å²) >= 11 is 1.60. The summed E-state index contributed by atoms with van der Waals surface area (Å²) in [5.41, 5.74) is 1.82. The van der Waals surface area contributed by atoms with Crippen molar-refractivity contribution in [2.75, 3.05) is 0 Å². The van der Waals surface area contributed by atoms with Crippen molar-refractivity contribution in [3.63, 3.8) is 0 Å². The van der Waals surface area contributed by atoms with Crippen LogP contribution < -0.4 is 0 Å². The molecule has 1 saturated heterocycles. The van der Waals surface area contributed by atoms with Crippen molar-refractivity contribution in [3.8, 4) is 0 Å². The van der Waals surface area contributed by atoms with Crippen molar-refractivity contribution in [3.05, 3.63) is 102 Å². The van der Waals surface area contributed by atoms with E-state index in [0.717, 1.165) is 23.3 Å². The van der Waals surface area contributed by atoms with Gasteiger partial charge in [-0.3, -0.25) is 0 Å². The molecule has 5 nitrogen and oxygen atoms in total. The van der Waals surface area contributed by atoms with E-state index in [9.17, 15) is 0 Å². The molecule has 3 aromatic carbocycles. The van der Waals surface area contributed by atoms with Crippen LogP contribution in [0.3, 0.4) is 0 Å². The first-order chi connectivity index (χ1) is 16.2. The van der Waals surface area contributed by atoms with Crippen LogP contribution in [0, 0.1) is 5.31 Å². The number of thioether (sulfide) groups is 1. The van der Waals surface area contributed by atoms with E-state index in [1.165, 1.54) is 0 Å². The molecular weight excluding hydrogens is 433 g/mol. The molecule has 5 atom stereocenters. The molecule has 0 bridgehead atoms. The van der Waals surface area contributed by atoms with E-state index in [4.69, 9.17) is 24.2 Å². The molecule has 1 heterocycles. The van der Waals surface area contributed by atoms with E-state index in [0.29, 0.717) is 13.2 Å². The van der Waals surface area contributed by atoms with Gasteiger partial charge in [0.2, 0.25) is 0 Å². The quantitative estimate of drug-likeness (QED) is 0.407. The first kappa shape index (κ1) is 23.7. The first-order valence-electron chi connectivity index (χ1n) is 11.1. The third-order valence-corrected chi connectivity index (χ3v) is 6.67. The average molecular weight is 461 g/mol. The van der Waals surface area contributed by atoms with Crippen LogP contribution in [-0.4, -0.2) is 37.1 Å². The number of hydrogen-bond acceptors (Lipinski definition) is 6. The van der Waals surface area contributed by atoms with Gasteiger partial charge in [-0.15, -0.1) is 0 Å². The third kappa shape index (κ3) is 6.54. The van der Waals surface area contributed by atoms with E-state index in [1.54, 1.807) is 11.8 Å². The second kappa shape index (κ2) is 12.1. The predicted molar refractivity (Wildman–Crippen MR) is 130 cm³/mol. The SMILES string of the molecule is CC1O[C@@H](Sc2ccccc2)C(OCc2ccccc2)C(OB=N)C1OCc1ccccc1. The van der Waals surface area contributed by atoms with Gasteiger partial charge in [0.15, 0.2) is 0 Å². The number of ether oxygens (including phenoxy) is 3. The molecular formula is C26H28BNO4S. The van der Waals surface area contributed by atoms with Crippen LogP contribution >= 0.6 is 11.8 Å². The zero-order chi connectivity index (χ0) is 22.9. The number of hydrogen-bond donors (Lipinski definition) is 1. The zero-order valence-electron chi connectivity index (χ0n) is 18.6. The van der Waals surface area contributed by atoms with Crippen molar-refractivity contribution in [2.24, 2.45) is 0 Å². The minimum atomic E-state index is -0.486. The normalized spacial score (nSPS) is 24.7. The molecule has 0 aliphatic carbocycles. The summed E-state index contributed by atoms with van der Waals surface area (Å²) in [6, 6.07) is 30.1. The second-order valence-corrected chi connectivity index (χ2v) is 9.05. The topological polar surface area (TPSA) is 60.8 Å². The Labute approximate surface area is 200 Å². The van der Waals surface area contributed by atoms with Crippen LogP contribution in [0.2, 0.25) is 0 Å². The Hall–Kier alpha value is -2.45. The molecule has 170 valence electrons. The van der Waals surface area contributed by atoms with Gasteiger partial charge >= 0.3 is 200 Å². The molecule has 0 spiro atoms. The van der Waals surface area contributed by atoms with Gasteiger partial charge in [0, 0.05) is 0 Å². The Balaban J connectivity index is 1.55. The van der Waals surface area contributed by atoms with E-state index < -0.39 is 12.2 Å². The maximum absolute atomic E-state index is 7.66. The first-order valence-corrected chi connectivity index (χ1v) is 11.9. The summed E-state index contributed by atoms with van der Waals surface area (Å²) in [5, 5.41) is 7.66. The Bertz CT molecular complexity index is 979. The molecule has 0 radical (unpaired) electrons. The molecule has 4 unspecified atom stereocenters. The van der Waals surface area contributed by atoms with Crippen LogP contribution in [0.1, 0.15) is 18.1 Å². The summed E-state index contributed by atoms with van der Waals surface area (Å²) in [6.07, 6.45) is -1.55. The summed E-state index contributed by atoms with van der Waals surface area (Å²) in [5.74, 6) is 0. The number of nitrogens with one attached hydrogen (secondary N) is 1. The molecule has 33 heavy (non-hydrogen) atoms. The third-order valence-electron chi connectivity index (χ3n) is 5.52. The van der Waals surface area contributed by atoms with Gasteiger partial charge in [-0.05, 0) is 0 Å². The minimum absolute atomic E-state index is 0.239. The van der Waals surface area contributed by atoms with Crippen LogP contribution in [0.25, 0.3) is 0 Å². The Morgan fingerprint density at radius 1 is 0.758 bits per heavy atom. The molecule has 1 fully saturated rings. The molecule has 0 amide bonds. The molecule has 3 aromatic rings. The molecule has 0 aromatic heterocycles. The standard InChI is InChI=1S/C26H28BNO4S/c1-19-23(29-17-20-11-5-2-6-12-20)24(32-27-28)25(30-18-21-13-7-3-8-14-21)26(31-19)33-22-15-9-4-10-16-22/h2-16,19,23-26,28H,17-18H2,1H3/t19?,23?,24?,25?,26-/m0/s1. The Morgan fingerprint density at radius 3 is 1.82 bits per heavy atom. The van der Waals surface area contributed by atoms with Crippen molar-refractivity contribution in [2.45, 2.75) is 54.9 Å². The summed E-state index contributed by atoms with van der Waals surface area (Å²) < 4.78 is 24.9. The van der Waals surface area contributed by atoms with Gasteiger partial charge in [-0.25, -0.2) is 0 Å². The van der Waals surface area contributed by atoms with Gasteiger partial charge in [-0.1, -0.05) is 0 Å². The maximum atomic E-state index is 7.66. The van der Waals surface area contributed by atoms with Crippen molar-refractivity contribution in [1.82, 2.24) is 0 Å². The fourth-order valence-electron chi connectivity index (χ4n) is 3.87. The number of benzene rings is 3. The van der Waals surface area contributed by atoms with E-state index >= 15 is 0 Å². The predicted octanol–water partition coefficient (Wildman–Crippen LogP) is 5.46.